The van der Waals surface area contributed by atoms with Gasteiger partial charge in [-0.1, -0.05) is 37.0 Å². The van der Waals surface area contributed by atoms with Crippen LogP contribution in [0.3, 0.4) is 0 Å². The zero-order valence-electron chi connectivity index (χ0n) is 13.9. The zero-order valence-corrected chi connectivity index (χ0v) is 15.4. The second-order valence-corrected chi connectivity index (χ2v) is 6.55. The third-order valence-electron chi connectivity index (χ3n) is 3.42. The van der Waals surface area contributed by atoms with Crippen LogP contribution in [-0.2, 0) is 0 Å². The van der Waals surface area contributed by atoms with Gasteiger partial charge in [0.1, 0.15) is 17.8 Å². The van der Waals surface area contributed by atoms with E-state index in [1.54, 1.807) is 48.5 Å². The van der Waals surface area contributed by atoms with Crippen molar-refractivity contribution in [3.8, 4) is 5.75 Å². The number of rotatable bonds is 6. The Morgan fingerprint density at radius 3 is 2.44 bits per heavy atom. The number of carbonyl (C=O) groups is 1. The molecule has 0 atom stereocenters. The predicted octanol–water partition coefficient (Wildman–Crippen LogP) is 6.32. The molecule has 0 heterocycles. The van der Waals surface area contributed by atoms with E-state index in [2.05, 4.69) is 0 Å². The van der Waals surface area contributed by atoms with Crippen LogP contribution in [0, 0.1) is 5.92 Å². The van der Waals surface area contributed by atoms with E-state index in [0.29, 0.717) is 26.9 Å². The molecule has 0 aromatic heterocycles. The van der Waals surface area contributed by atoms with Crippen LogP contribution in [0.1, 0.15) is 29.8 Å². The molecule has 25 heavy (non-hydrogen) atoms. The maximum absolute atomic E-state index is 12.2. The molecule has 5 heteroatoms. The molecule has 3 nitrogen and oxygen atoms in total. The van der Waals surface area contributed by atoms with Gasteiger partial charge in [0, 0.05) is 21.5 Å². The molecule has 2 aromatic rings. The average molecular weight is 377 g/mol. The summed E-state index contributed by atoms with van der Waals surface area (Å²) in [4.78, 5) is 12.2. The number of hydrogen-bond donors (Lipinski definition) is 1. The summed E-state index contributed by atoms with van der Waals surface area (Å²) in [5.41, 5.74) is 1.19. The summed E-state index contributed by atoms with van der Waals surface area (Å²) < 4.78 is 5.35. The monoisotopic (exact) mass is 376 g/mol. The number of aliphatic hydroxyl groups is 1. The summed E-state index contributed by atoms with van der Waals surface area (Å²) in [5.74, 6) is 0.513. The van der Waals surface area contributed by atoms with E-state index in [-0.39, 0.29) is 17.5 Å². The Kier molecular flexibility index (Phi) is 6.68. The first-order valence-electron chi connectivity index (χ1n) is 7.70. The molecule has 130 valence electrons. The van der Waals surface area contributed by atoms with Crippen molar-refractivity contribution in [3.63, 3.8) is 0 Å². The minimum absolute atomic E-state index is 0.00991. The molecule has 0 aliphatic carbocycles. The van der Waals surface area contributed by atoms with Crippen molar-refractivity contribution in [2.75, 3.05) is 0 Å². The molecule has 0 aliphatic rings. The fraction of sp³-hybridized carbons (Fsp3) is 0.150. The topological polar surface area (TPSA) is 46.5 Å². The number of benzene rings is 2. The van der Waals surface area contributed by atoms with E-state index in [1.807, 2.05) is 13.8 Å². The second-order valence-electron chi connectivity index (χ2n) is 5.70. The van der Waals surface area contributed by atoms with Crippen molar-refractivity contribution in [2.24, 2.45) is 5.92 Å². The molecule has 0 saturated heterocycles. The van der Waals surface area contributed by atoms with Gasteiger partial charge in [-0.25, -0.2) is 0 Å². The van der Waals surface area contributed by atoms with Crippen LogP contribution in [-0.4, -0.2) is 10.9 Å². The summed E-state index contributed by atoms with van der Waals surface area (Å²) in [5, 5.41) is 10.7. The molecular formula is C20H18Cl2O3. The van der Waals surface area contributed by atoms with E-state index >= 15 is 0 Å². The minimum Gasteiger partial charge on any atom is -0.509 e. The molecule has 0 unspecified atom stereocenters. The predicted molar refractivity (Wildman–Crippen MR) is 102 cm³/mol. The van der Waals surface area contributed by atoms with E-state index in [9.17, 15) is 9.90 Å². The van der Waals surface area contributed by atoms with Crippen LogP contribution in [0.25, 0.3) is 6.08 Å². The highest BCUT2D eigenvalue weighted by molar-refractivity contribution is 6.34. The van der Waals surface area contributed by atoms with Gasteiger partial charge in [0.25, 0.3) is 0 Å². The van der Waals surface area contributed by atoms with Crippen LogP contribution in [0.5, 0.6) is 5.75 Å². The number of ketones is 1. The standard InChI is InChI=1S/C20H18Cl2O3/c1-13(2)20(24)12-25-17-7-3-14(4-8-17)19(23)10-5-15-11-16(21)6-9-18(15)22/h3-13,24H,1-2H3/b10-5+,20-12-. The van der Waals surface area contributed by atoms with Gasteiger partial charge in [-0.3, -0.25) is 4.79 Å². The van der Waals surface area contributed by atoms with Crippen LogP contribution in [0.4, 0.5) is 0 Å². The van der Waals surface area contributed by atoms with Crippen LogP contribution >= 0.6 is 23.2 Å². The lowest BCUT2D eigenvalue weighted by atomic mass is 10.1. The Morgan fingerprint density at radius 2 is 1.80 bits per heavy atom. The van der Waals surface area contributed by atoms with E-state index in [1.165, 1.54) is 12.3 Å². The maximum atomic E-state index is 12.2. The quantitative estimate of drug-likeness (QED) is 0.364. The Balaban J connectivity index is 2.06. The summed E-state index contributed by atoms with van der Waals surface area (Å²) in [6, 6.07) is 11.7. The Bertz CT molecular complexity index is 806. The maximum Gasteiger partial charge on any atom is 0.185 e. The fourth-order valence-corrected chi connectivity index (χ4v) is 2.23. The number of halogens is 2. The van der Waals surface area contributed by atoms with Crippen molar-refractivity contribution in [3.05, 3.63) is 81.7 Å². The SMILES string of the molecule is CC(C)/C(O)=C/Oc1ccc(C(=O)/C=C/c2cc(Cl)ccc2Cl)cc1. The summed E-state index contributed by atoms with van der Waals surface area (Å²) >= 11 is 12.0. The molecule has 1 N–H and O–H groups in total. The normalized spacial score (nSPS) is 12.0. The minimum atomic E-state index is -0.164. The van der Waals surface area contributed by atoms with E-state index in [4.69, 9.17) is 27.9 Å². The lowest BCUT2D eigenvalue weighted by Crippen LogP contribution is -1.96. The second kappa shape index (κ2) is 8.75. The number of carbonyl (C=O) groups excluding carboxylic acids is 1. The number of ether oxygens (including phenoxy) is 1. The molecule has 0 amide bonds. The van der Waals surface area contributed by atoms with Crippen LogP contribution in [0.15, 0.2) is 60.6 Å². The first-order valence-corrected chi connectivity index (χ1v) is 8.45. The Hall–Kier alpha value is -2.23. The summed E-state index contributed by atoms with van der Waals surface area (Å²) in [6.07, 6.45) is 4.37. The molecular weight excluding hydrogens is 359 g/mol. The van der Waals surface area contributed by atoms with Crippen molar-refractivity contribution < 1.29 is 14.6 Å². The van der Waals surface area contributed by atoms with E-state index < -0.39 is 0 Å². The lowest BCUT2D eigenvalue weighted by molar-refractivity contribution is 0.104. The van der Waals surface area contributed by atoms with Crippen molar-refractivity contribution >= 4 is 35.1 Å². The van der Waals surface area contributed by atoms with Gasteiger partial charge in [0.2, 0.25) is 0 Å². The molecule has 0 aliphatic heterocycles. The molecule has 0 radical (unpaired) electrons. The fourth-order valence-electron chi connectivity index (χ4n) is 1.87. The highest BCUT2D eigenvalue weighted by Gasteiger charge is 2.04. The third kappa shape index (κ3) is 5.66. The number of aliphatic hydroxyl groups excluding tert-OH is 1. The molecule has 0 bridgehead atoms. The number of hydrogen-bond acceptors (Lipinski definition) is 3. The molecule has 2 aromatic carbocycles. The molecule has 0 saturated carbocycles. The zero-order chi connectivity index (χ0) is 18.4. The first kappa shape index (κ1) is 19.1. The van der Waals surface area contributed by atoms with Gasteiger partial charge in [-0.05, 0) is 60.2 Å². The van der Waals surface area contributed by atoms with Gasteiger partial charge in [-0.15, -0.1) is 0 Å². The first-order chi connectivity index (χ1) is 11.9. The largest absolute Gasteiger partial charge is 0.509 e. The smallest absolute Gasteiger partial charge is 0.185 e. The van der Waals surface area contributed by atoms with Gasteiger partial charge in [0.15, 0.2) is 5.78 Å². The van der Waals surface area contributed by atoms with Gasteiger partial charge < -0.3 is 9.84 Å². The van der Waals surface area contributed by atoms with Gasteiger partial charge in [-0.2, -0.15) is 0 Å². The molecule has 2 rings (SSSR count). The number of allylic oxidation sites excluding steroid dienone is 2. The summed E-state index contributed by atoms with van der Waals surface area (Å²) in [7, 11) is 0. The van der Waals surface area contributed by atoms with E-state index in [0.717, 1.165) is 0 Å². The lowest BCUT2D eigenvalue weighted by Gasteiger charge is -2.05. The van der Waals surface area contributed by atoms with Gasteiger partial charge >= 0.3 is 0 Å². The van der Waals surface area contributed by atoms with Crippen LogP contribution in [0.2, 0.25) is 10.0 Å². The van der Waals surface area contributed by atoms with Crippen molar-refractivity contribution in [1.82, 2.24) is 0 Å². The van der Waals surface area contributed by atoms with Gasteiger partial charge in [0.05, 0.1) is 0 Å². The van der Waals surface area contributed by atoms with Crippen LogP contribution < -0.4 is 4.74 Å². The molecule has 0 spiro atoms. The average Bonchev–Trinajstić information content (AvgIpc) is 2.60. The van der Waals surface area contributed by atoms with Crippen molar-refractivity contribution in [1.29, 1.82) is 0 Å². The highest BCUT2D eigenvalue weighted by Crippen LogP contribution is 2.22. The highest BCUT2D eigenvalue weighted by atomic mass is 35.5. The Labute approximate surface area is 157 Å². The molecule has 0 fully saturated rings. The summed E-state index contributed by atoms with van der Waals surface area (Å²) in [6.45, 7) is 3.71. The Morgan fingerprint density at radius 1 is 1.12 bits per heavy atom. The van der Waals surface area contributed by atoms with Crippen molar-refractivity contribution in [2.45, 2.75) is 13.8 Å². The third-order valence-corrected chi connectivity index (χ3v) is 4.00.